The number of urea groups is 1. The molecule has 35 heavy (non-hydrogen) atoms. The molecule has 180 valence electrons. The van der Waals surface area contributed by atoms with E-state index < -0.39 is 24.4 Å². The molecule has 3 rings (SSSR count). The van der Waals surface area contributed by atoms with Gasteiger partial charge in [0.25, 0.3) is 0 Å². The van der Waals surface area contributed by atoms with E-state index >= 15 is 0 Å². The van der Waals surface area contributed by atoms with Crippen molar-refractivity contribution in [3.63, 3.8) is 0 Å². The quantitative estimate of drug-likeness (QED) is 0.245. The van der Waals surface area contributed by atoms with Crippen LogP contribution in [0.4, 0.5) is 32.4 Å². The van der Waals surface area contributed by atoms with Crippen LogP contribution in [-0.2, 0) is 12.6 Å². The number of benzene rings is 3. The Morgan fingerprint density at radius 2 is 1.71 bits per heavy atom. The zero-order valence-corrected chi connectivity index (χ0v) is 17.8. The highest BCUT2D eigenvalue weighted by atomic mass is 19.4. The number of halogens is 5. The molecule has 0 saturated heterocycles. The first-order valence-electron chi connectivity index (χ1n) is 9.99. The minimum atomic E-state index is -4.57. The third-order valence-electron chi connectivity index (χ3n) is 4.61. The van der Waals surface area contributed by atoms with Gasteiger partial charge in [0.2, 0.25) is 0 Å². The average molecular weight is 488 g/mol. The molecule has 11 heteroatoms. The number of alkyl halides is 5. The minimum Gasteiger partial charge on any atom is -0.435 e. The lowest BCUT2D eigenvalue weighted by molar-refractivity contribution is -0.137. The minimum absolute atomic E-state index is 0.0625. The molecule has 0 aliphatic heterocycles. The van der Waals surface area contributed by atoms with E-state index in [0.717, 1.165) is 12.1 Å². The predicted octanol–water partition coefficient (Wildman–Crippen LogP) is 5.95. The van der Waals surface area contributed by atoms with Crippen molar-refractivity contribution in [2.45, 2.75) is 19.2 Å². The lowest BCUT2D eigenvalue weighted by atomic mass is 9.99. The van der Waals surface area contributed by atoms with Crippen molar-refractivity contribution in [1.29, 1.82) is 5.26 Å². The molecule has 6 nitrogen and oxygen atoms in total. The van der Waals surface area contributed by atoms with Gasteiger partial charge in [-0.25, -0.2) is 10.2 Å². The Kier molecular flexibility index (Phi) is 7.99. The molecule has 0 aliphatic rings. The maximum absolute atomic E-state index is 13.2. The Morgan fingerprint density at radius 1 is 1.03 bits per heavy atom. The summed E-state index contributed by atoms with van der Waals surface area (Å²) < 4.78 is 68.3. The second-order valence-electron chi connectivity index (χ2n) is 7.09. The molecular weight excluding hydrogens is 471 g/mol. The first-order valence-corrected chi connectivity index (χ1v) is 9.99. The van der Waals surface area contributed by atoms with E-state index in [2.05, 4.69) is 20.6 Å². The largest absolute Gasteiger partial charge is 0.435 e. The molecule has 0 aromatic heterocycles. The van der Waals surface area contributed by atoms with E-state index in [1.54, 1.807) is 24.3 Å². The van der Waals surface area contributed by atoms with Gasteiger partial charge in [-0.3, -0.25) is 0 Å². The van der Waals surface area contributed by atoms with Gasteiger partial charge in [-0.05, 0) is 59.7 Å². The first kappa shape index (κ1) is 25.2. The molecule has 0 spiro atoms. The van der Waals surface area contributed by atoms with Gasteiger partial charge in [-0.2, -0.15) is 32.3 Å². The van der Waals surface area contributed by atoms with Crippen LogP contribution in [0.15, 0.2) is 77.9 Å². The SMILES string of the molecule is N#Cc1ccc(C/C(=N/NC(=O)Nc2ccc(OC(F)F)cc2)c2cccc(C(F)(F)F)c2)cc1. The van der Waals surface area contributed by atoms with Crippen molar-refractivity contribution >= 4 is 17.4 Å². The van der Waals surface area contributed by atoms with Crippen molar-refractivity contribution in [3.05, 3.63) is 95.1 Å². The summed E-state index contributed by atoms with van der Waals surface area (Å²) in [6, 6.07) is 17.1. The summed E-state index contributed by atoms with van der Waals surface area (Å²) in [5, 5.41) is 15.4. The molecule has 3 aromatic rings. The standard InChI is InChI=1S/C24H17F5N4O2/c25-22(26)35-20-10-8-19(9-11-20)31-23(34)33-32-21(12-15-4-6-16(14-30)7-5-15)17-2-1-3-18(13-17)24(27,28)29/h1-11,13,22H,12H2,(H2,31,33,34)/b32-21-. The third kappa shape index (κ3) is 7.53. The second kappa shape index (κ2) is 11.1. The number of nitriles is 1. The maximum Gasteiger partial charge on any atom is 0.416 e. The van der Waals surface area contributed by atoms with Crippen molar-refractivity contribution in [3.8, 4) is 11.8 Å². The van der Waals surface area contributed by atoms with Crippen LogP contribution in [0.5, 0.6) is 5.75 Å². The Morgan fingerprint density at radius 3 is 2.31 bits per heavy atom. The van der Waals surface area contributed by atoms with Crippen LogP contribution in [0.3, 0.4) is 0 Å². The Bertz CT molecular complexity index is 1230. The Labute approximate surface area is 196 Å². The number of anilines is 1. The molecule has 2 amide bonds. The topological polar surface area (TPSA) is 86.5 Å². The normalized spacial score (nSPS) is 11.6. The molecular formula is C24H17F5N4O2. The van der Waals surface area contributed by atoms with Crippen LogP contribution in [-0.4, -0.2) is 18.4 Å². The fourth-order valence-corrected chi connectivity index (χ4v) is 2.97. The number of rotatable bonds is 7. The van der Waals surface area contributed by atoms with Gasteiger partial charge in [-0.15, -0.1) is 0 Å². The number of hydrogen-bond acceptors (Lipinski definition) is 4. The highest BCUT2D eigenvalue weighted by molar-refractivity contribution is 6.03. The second-order valence-corrected chi connectivity index (χ2v) is 7.09. The average Bonchev–Trinajstić information content (AvgIpc) is 2.82. The molecule has 0 unspecified atom stereocenters. The van der Waals surface area contributed by atoms with E-state index in [4.69, 9.17) is 5.26 Å². The van der Waals surface area contributed by atoms with Crippen LogP contribution in [0.25, 0.3) is 0 Å². The summed E-state index contributed by atoms with van der Waals surface area (Å²) in [5.41, 5.74) is 2.93. The first-order chi connectivity index (χ1) is 16.6. The van der Waals surface area contributed by atoms with Gasteiger partial charge in [0.05, 0.1) is 22.9 Å². The number of carbonyl (C=O) groups excluding carboxylic acids is 1. The molecule has 0 saturated carbocycles. The zero-order valence-electron chi connectivity index (χ0n) is 17.8. The van der Waals surface area contributed by atoms with Gasteiger partial charge < -0.3 is 10.1 Å². The molecule has 0 radical (unpaired) electrons. The molecule has 3 aromatic carbocycles. The molecule has 0 fully saturated rings. The van der Waals surface area contributed by atoms with E-state index in [0.29, 0.717) is 11.1 Å². The molecule has 0 aliphatic carbocycles. The number of nitrogens with one attached hydrogen (secondary N) is 2. The van der Waals surface area contributed by atoms with Crippen LogP contribution in [0.1, 0.15) is 22.3 Å². The zero-order chi connectivity index (χ0) is 25.4. The van der Waals surface area contributed by atoms with E-state index in [1.807, 2.05) is 6.07 Å². The summed E-state index contributed by atoms with van der Waals surface area (Å²) in [6.07, 6.45) is -4.51. The Hall–Kier alpha value is -4.46. The third-order valence-corrected chi connectivity index (χ3v) is 4.61. The van der Waals surface area contributed by atoms with Crippen LogP contribution in [0, 0.1) is 11.3 Å². The van der Waals surface area contributed by atoms with Crippen LogP contribution in [0.2, 0.25) is 0 Å². The number of hydrazone groups is 1. The summed E-state index contributed by atoms with van der Waals surface area (Å²) in [6.45, 7) is -2.99. The van der Waals surface area contributed by atoms with Gasteiger partial charge >= 0.3 is 18.8 Å². The summed E-state index contributed by atoms with van der Waals surface area (Å²) in [4.78, 5) is 12.3. The summed E-state index contributed by atoms with van der Waals surface area (Å²) in [5.74, 6) is -0.0989. The number of carbonyl (C=O) groups is 1. The van der Waals surface area contributed by atoms with Gasteiger partial charge in [0, 0.05) is 12.1 Å². The van der Waals surface area contributed by atoms with Crippen molar-refractivity contribution < 1.29 is 31.5 Å². The Balaban J connectivity index is 1.80. The highest BCUT2D eigenvalue weighted by Crippen LogP contribution is 2.30. The van der Waals surface area contributed by atoms with Gasteiger partial charge in [0.15, 0.2) is 0 Å². The predicted molar refractivity (Wildman–Crippen MR) is 118 cm³/mol. The lowest BCUT2D eigenvalue weighted by Gasteiger charge is -2.12. The van der Waals surface area contributed by atoms with Crippen molar-refractivity contribution in [2.75, 3.05) is 5.32 Å². The van der Waals surface area contributed by atoms with Crippen LogP contribution < -0.4 is 15.5 Å². The molecule has 0 heterocycles. The number of amides is 2. The molecule has 0 bridgehead atoms. The van der Waals surface area contributed by atoms with E-state index in [1.165, 1.54) is 36.4 Å². The highest BCUT2D eigenvalue weighted by Gasteiger charge is 2.30. The number of nitrogens with zero attached hydrogens (tertiary/aromatic N) is 2. The van der Waals surface area contributed by atoms with E-state index in [9.17, 15) is 26.7 Å². The molecule has 0 atom stereocenters. The summed E-state index contributed by atoms with van der Waals surface area (Å²) in [7, 11) is 0. The number of ether oxygens (including phenoxy) is 1. The van der Waals surface area contributed by atoms with E-state index in [-0.39, 0.29) is 29.1 Å². The summed E-state index contributed by atoms with van der Waals surface area (Å²) >= 11 is 0. The van der Waals surface area contributed by atoms with Gasteiger partial charge in [0.1, 0.15) is 5.75 Å². The lowest BCUT2D eigenvalue weighted by Crippen LogP contribution is -2.26. The monoisotopic (exact) mass is 488 g/mol. The van der Waals surface area contributed by atoms with Crippen molar-refractivity contribution in [1.82, 2.24) is 5.43 Å². The maximum atomic E-state index is 13.2. The smallest absolute Gasteiger partial charge is 0.416 e. The fourth-order valence-electron chi connectivity index (χ4n) is 2.97. The van der Waals surface area contributed by atoms with Crippen LogP contribution >= 0.6 is 0 Å². The number of hydrogen-bond donors (Lipinski definition) is 2. The van der Waals surface area contributed by atoms with Gasteiger partial charge in [-0.1, -0.05) is 24.3 Å². The fraction of sp³-hybridized carbons (Fsp3) is 0.125. The molecule has 2 N–H and O–H groups in total. The van der Waals surface area contributed by atoms with Crippen molar-refractivity contribution in [2.24, 2.45) is 5.10 Å².